The lowest BCUT2D eigenvalue weighted by molar-refractivity contribution is -0.0771. The van der Waals surface area contributed by atoms with Crippen LogP contribution in [0.4, 0.5) is 0 Å². The summed E-state index contributed by atoms with van der Waals surface area (Å²) in [5.41, 5.74) is 3.81. The summed E-state index contributed by atoms with van der Waals surface area (Å²) in [6.07, 6.45) is 13.6. The maximum atomic E-state index is 11.9. The van der Waals surface area contributed by atoms with E-state index < -0.39 is 10.0 Å². The Kier molecular flexibility index (Phi) is 6.57. The Bertz CT molecular complexity index is 1030. The number of hydrogen-bond acceptors (Lipinski definition) is 4. The summed E-state index contributed by atoms with van der Waals surface area (Å²) in [6, 6.07) is 0.672. The zero-order chi connectivity index (χ0) is 25.6. The minimum Gasteiger partial charge on any atom is -0.369 e. The fraction of sp³-hybridized carbons (Fsp3) is 0.931. The smallest absolute Gasteiger partial charge is 0.208 e. The first kappa shape index (κ1) is 26.2. The highest BCUT2D eigenvalue weighted by Crippen LogP contribution is 2.65. The minimum absolute atomic E-state index is 0.0155. The summed E-state index contributed by atoms with van der Waals surface area (Å²) in [5.74, 6) is 4.25. The number of fused-ring (bicyclic) bond motifs is 6. The highest BCUT2D eigenvalue weighted by Gasteiger charge is 2.60. The van der Waals surface area contributed by atoms with Crippen molar-refractivity contribution in [2.45, 2.75) is 116 Å². The molecule has 2 heterocycles. The number of hydrogen-bond donors (Lipinski definition) is 1. The van der Waals surface area contributed by atoms with E-state index in [-0.39, 0.29) is 11.6 Å². The molecule has 3 saturated carbocycles. The van der Waals surface area contributed by atoms with Crippen LogP contribution in [0, 0.1) is 40.9 Å². The third-order valence-corrected chi connectivity index (χ3v) is 13.5. The van der Waals surface area contributed by atoms with Crippen LogP contribution < -0.4 is 4.72 Å². The molecule has 1 N–H and O–H groups in total. The number of piperidine rings is 1. The van der Waals surface area contributed by atoms with Gasteiger partial charge in [-0.05, 0) is 106 Å². The molecule has 0 radical (unpaired) electrons. The van der Waals surface area contributed by atoms with Gasteiger partial charge in [0, 0.05) is 24.5 Å². The van der Waals surface area contributed by atoms with Gasteiger partial charge in [0.25, 0.3) is 0 Å². The Labute approximate surface area is 222 Å². The predicted molar refractivity (Wildman–Crippen MR) is 149 cm³/mol. The lowest BCUT2D eigenvalue weighted by Gasteiger charge is -2.54. The molecule has 12 atom stereocenters. The lowest BCUT2D eigenvalue weighted by Crippen LogP contribution is -2.50. The Morgan fingerprint density at radius 2 is 1.89 bits per heavy atom. The van der Waals surface area contributed by atoms with Crippen molar-refractivity contribution in [2.24, 2.45) is 40.9 Å². The highest BCUT2D eigenvalue weighted by atomic mass is 32.2. The van der Waals surface area contributed by atoms with Gasteiger partial charge >= 0.3 is 0 Å². The first-order valence-corrected chi connectivity index (χ1v) is 17.2. The van der Waals surface area contributed by atoms with E-state index in [9.17, 15) is 8.42 Å². The van der Waals surface area contributed by atoms with Crippen molar-refractivity contribution < 1.29 is 13.2 Å². The van der Waals surface area contributed by atoms with Gasteiger partial charge in [0.05, 0.1) is 18.0 Å². The van der Waals surface area contributed by atoms with Crippen molar-refractivity contribution in [1.82, 2.24) is 9.39 Å². The summed E-state index contributed by atoms with van der Waals surface area (Å²) in [4.78, 5) is 0. The van der Waals surface area contributed by atoms with E-state index in [0.29, 0.717) is 35.3 Å². The van der Waals surface area contributed by atoms with Gasteiger partial charge < -0.3 is 4.74 Å². The van der Waals surface area contributed by atoms with Crippen LogP contribution in [0.15, 0.2) is 11.1 Å². The second-order valence-corrected chi connectivity index (χ2v) is 16.7. The maximum absolute atomic E-state index is 11.9. The highest BCUT2D eigenvalue weighted by molar-refractivity contribution is 7.88. The monoisotopic (exact) mass is 536 g/mol. The Morgan fingerprint density at radius 1 is 1.11 bits per heavy atom. The quantitative estimate of drug-likeness (QED) is 0.372. The number of sulfonamides is 1. The SMILES string of the molecule is CC1=C2C[C@H]3[C@@H](CCC4CC(NS(C)(=O)=O)CCC43C)[C@@H]2CC[C@@]2(C1)O[C@@H]1CC(C)CN(P)[C@H]1[C@H]2C. The van der Waals surface area contributed by atoms with Crippen LogP contribution >= 0.6 is 9.39 Å². The zero-order valence-corrected chi connectivity index (χ0v) is 25.1. The first-order chi connectivity index (χ1) is 16.9. The average molecular weight is 537 g/mol. The second-order valence-electron chi connectivity index (χ2n) is 14.3. The molecular formula is C29H49N2O3PS. The molecule has 204 valence electrons. The fourth-order valence-electron chi connectivity index (χ4n) is 10.5. The van der Waals surface area contributed by atoms with Crippen molar-refractivity contribution in [1.29, 1.82) is 0 Å². The van der Waals surface area contributed by atoms with Gasteiger partial charge in [-0.25, -0.2) is 13.1 Å². The molecule has 1 spiro atoms. The molecule has 0 aromatic carbocycles. The number of ether oxygens (including phenoxy) is 1. The Hall–Kier alpha value is 0. The van der Waals surface area contributed by atoms with Gasteiger partial charge in [-0.15, -0.1) is 0 Å². The molecule has 36 heavy (non-hydrogen) atoms. The van der Waals surface area contributed by atoms with E-state index in [0.717, 1.165) is 37.0 Å². The largest absolute Gasteiger partial charge is 0.369 e. The fourth-order valence-corrected chi connectivity index (χ4v) is 12.2. The molecule has 2 aliphatic heterocycles. The van der Waals surface area contributed by atoms with E-state index in [1.54, 1.807) is 11.1 Å². The molecule has 5 fully saturated rings. The molecule has 4 aliphatic carbocycles. The van der Waals surface area contributed by atoms with Gasteiger partial charge in [0.2, 0.25) is 10.0 Å². The van der Waals surface area contributed by atoms with Crippen molar-refractivity contribution in [3.05, 3.63) is 11.1 Å². The molecule has 5 nitrogen and oxygen atoms in total. The minimum atomic E-state index is -3.13. The average Bonchev–Trinajstić information content (AvgIpc) is 3.23. The summed E-state index contributed by atoms with van der Waals surface area (Å²) < 4.78 is 36.3. The molecule has 0 aromatic rings. The third kappa shape index (κ3) is 4.19. The molecule has 6 rings (SSSR count). The molecule has 2 saturated heterocycles. The van der Waals surface area contributed by atoms with E-state index in [1.807, 2.05) is 0 Å². The number of rotatable bonds is 2. The first-order valence-electron chi connectivity index (χ1n) is 14.7. The van der Waals surface area contributed by atoms with Crippen molar-refractivity contribution in [3.63, 3.8) is 0 Å². The topological polar surface area (TPSA) is 58.6 Å². The molecule has 0 aromatic heterocycles. The number of nitrogens with zero attached hydrogens (tertiary/aromatic N) is 1. The standard InChI is InChI=1S/C29H49N2O3PS/c1-17-12-26-27(31(35)16-17)19(3)29(34-26)11-9-22-23-7-6-20-13-21(30-36(5,32)33)8-10-28(20,4)25(23)14-24(22)18(2)15-29/h17,19-23,25-27,30H,6-16,35H2,1-5H3/t17?,19-,20?,21?,22+,23+,25+,26-,27+,28?,29+/m1/s1. The van der Waals surface area contributed by atoms with Crippen LogP contribution in [-0.2, 0) is 14.8 Å². The summed E-state index contributed by atoms with van der Waals surface area (Å²) in [5, 5.41) is 0. The molecule has 6 aliphatic rings. The van der Waals surface area contributed by atoms with Gasteiger partial charge in [-0.1, -0.05) is 41.3 Å². The van der Waals surface area contributed by atoms with Gasteiger partial charge in [-0.3, -0.25) is 4.67 Å². The number of nitrogens with one attached hydrogen (secondary N) is 1. The normalized spacial score (nSPS) is 51.4. The van der Waals surface area contributed by atoms with Crippen LogP contribution in [-0.4, -0.2) is 49.7 Å². The molecule has 0 bridgehead atoms. The molecule has 5 unspecified atom stereocenters. The van der Waals surface area contributed by atoms with Crippen molar-refractivity contribution in [3.8, 4) is 0 Å². The van der Waals surface area contributed by atoms with Crippen LogP contribution in [0.2, 0.25) is 0 Å². The number of allylic oxidation sites excluding steroid dienone is 1. The Balaban J connectivity index is 1.23. The zero-order valence-electron chi connectivity index (χ0n) is 23.1. The maximum Gasteiger partial charge on any atom is 0.208 e. The Morgan fingerprint density at radius 3 is 2.64 bits per heavy atom. The third-order valence-electron chi connectivity index (χ3n) is 12.2. The molecule has 0 amide bonds. The molecule has 7 heteroatoms. The van der Waals surface area contributed by atoms with Crippen LogP contribution in [0.3, 0.4) is 0 Å². The van der Waals surface area contributed by atoms with E-state index in [1.165, 1.54) is 57.7 Å². The van der Waals surface area contributed by atoms with Crippen molar-refractivity contribution in [2.75, 3.05) is 12.8 Å². The van der Waals surface area contributed by atoms with Crippen molar-refractivity contribution >= 4 is 19.4 Å². The van der Waals surface area contributed by atoms with E-state index >= 15 is 0 Å². The lowest BCUT2D eigenvalue weighted by atomic mass is 9.52. The van der Waals surface area contributed by atoms with Gasteiger partial charge in [-0.2, -0.15) is 0 Å². The van der Waals surface area contributed by atoms with E-state index in [2.05, 4.69) is 46.5 Å². The molecular weight excluding hydrogens is 487 g/mol. The van der Waals surface area contributed by atoms with E-state index in [4.69, 9.17) is 4.74 Å². The summed E-state index contributed by atoms with van der Waals surface area (Å²) in [6.45, 7) is 11.0. The second kappa shape index (κ2) is 9.01. The summed E-state index contributed by atoms with van der Waals surface area (Å²) in [7, 11) is -0.0981. The predicted octanol–water partition coefficient (Wildman–Crippen LogP) is 5.53. The van der Waals surface area contributed by atoms with Gasteiger partial charge in [0.1, 0.15) is 0 Å². The van der Waals surface area contributed by atoms with Crippen LogP contribution in [0.5, 0.6) is 0 Å². The van der Waals surface area contributed by atoms with Crippen LogP contribution in [0.1, 0.15) is 91.9 Å². The van der Waals surface area contributed by atoms with Gasteiger partial charge in [0.15, 0.2) is 0 Å². The summed E-state index contributed by atoms with van der Waals surface area (Å²) >= 11 is 0. The van der Waals surface area contributed by atoms with Crippen LogP contribution in [0.25, 0.3) is 0 Å².